The van der Waals surface area contributed by atoms with Gasteiger partial charge in [-0.1, -0.05) is 6.07 Å². The second kappa shape index (κ2) is 3.39. The molecule has 1 aromatic rings. The van der Waals surface area contributed by atoms with Crippen molar-refractivity contribution >= 4 is 0 Å². The standard InChI is InChI=1S/C13H17NO2/c14-13-9-2-1-7(5-9)12(13)8-3-4-10(15)11(16)6-8/h3-4,6-7,9,12-13,15-16H,1-2,5,14H2. The van der Waals surface area contributed by atoms with E-state index in [2.05, 4.69) is 0 Å². The number of hydrogen-bond acceptors (Lipinski definition) is 3. The van der Waals surface area contributed by atoms with Gasteiger partial charge in [-0.25, -0.2) is 0 Å². The van der Waals surface area contributed by atoms with Crippen LogP contribution in [0.25, 0.3) is 0 Å². The van der Waals surface area contributed by atoms with Gasteiger partial charge in [0.15, 0.2) is 11.5 Å². The average Bonchev–Trinajstić information content (AvgIpc) is 2.83. The van der Waals surface area contributed by atoms with Crippen LogP contribution in [0.3, 0.4) is 0 Å². The lowest BCUT2D eigenvalue weighted by Crippen LogP contribution is -2.33. The zero-order chi connectivity index (χ0) is 11.3. The highest BCUT2D eigenvalue weighted by molar-refractivity contribution is 5.42. The van der Waals surface area contributed by atoms with E-state index in [1.54, 1.807) is 12.1 Å². The van der Waals surface area contributed by atoms with E-state index >= 15 is 0 Å². The maximum Gasteiger partial charge on any atom is 0.157 e. The summed E-state index contributed by atoms with van der Waals surface area (Å²) in [5.74, 6) is 1.60. The van der Waals surface area contributed by atoms with Gasteiger partial charge in [-0.3, -0.25) is 0 Å². The highest BCUT2D eigenvalue weighted by atomic mass is 16.3. The summed E-state index contributed by atoms with van der Waals surface area (Å²) in [6.45, 7) is 0. The number of phenols is 2. The van der Waals surface area contributed by atoms with Crippen LogP contribution in [-0.4, -0.2) is 16.3 Å². The summed E-state index contributed by atoms with van der Waals surface area (Å²) < 4.78 is 0. The molecule has 16 heavy (non-hydrogen) atoms. The molecule has 0 aliphatic heterocycles. The first-order valence-electron chi connectivity index (χ1n) is 5.94. The van der Waals surface area contributed by atoms with Gasteiger partial charge in [0.2, 0.25) is 0 Å². The lowest BCUT2D eigenvalue weighted by molar-refractivity contribution is 0.362. The molecule has 4 atom stereocenters. The number of aromatic hydroxyl groups is 2. The monoisotopic (exact) mass is 219 g/mol. The molecule has 4 N–H and O–H groups in total. The van der Waals surface area contributed by atoms with Crippen molar-refractivity contribution in [3.8, 4) is 11.5 Å². The van der Waals surface area contributed by atoms with E-state index in [-0.39, 0.29) is 17.5 Å². The Kier molecular flexibility index (Phi) is 2.11. The molecule has 0 amide bonds. The minimum atomic E-state index is -0.0551. The van der Waals surface area contributed by atoms with Crippen LogP contribution in [0.15, 0.2) is 18.2 Å². The van der Waals surface area contributed by atoms with Crippen LogP contribution in [0.2, 0.25) is 0 Å². The highest BCUT2D eigenvalue weighted by Crippen LogP contribution is 2.52. The van der Waals surface area contributed by atoms with Gasteiger partial charge in [0.25, 0.3) is 0 Å². The van der Waals surface area contributed by atoms with E-state index in [1.165, 1.54) is 19.3 Å². The Hall–Kier alpha value is -1.22. The Labute approximate surface area is 94.9 Å². The minimum Gasteiger partial charge on any atom is -0.504 e. The molecular weight excluding hydrogens is 202 g/mol. The van der Waals surface area contributed by atoms with Gasteiger partial charge in [-0.2, -0.15) is 0 Å². The van der Waals surface area contributed by atoms with Crippen LogP contribution in [0, 0.1) is 11.8 Å². The van der Waals surface area contributed by atoms with E-state index in [0.29, 0.717) is 17.8 Å². The number of rotatable bonds is 1. The normalized spacial score (nSPS) is 36.8. The quantitative estimate of drug-likeness (QED) is 0.632. The van der Waals surface area contributed by atoms with Crippen molar-refractivity contribution in [3.63, 3.8) is 0 Å². The number of fused-ring (bicyclic) bond motifs is 2. The maximum absolute atomic E-state index is 9.53. The Morgan fingerprint density at radius 1 is 1.06 bits per heavy atom. The van der Waals surface area contributed by atoms with Gasteiger partial charge >= 0.3 is 0 Å². The third kappa shape index (κ3) is 1.31. The van der Waals surface area contributed by atoms with Gasteiger partial charge in [0.1, 0.15) is 0 Å². The van der Waals surface area contributed by atoms with Crippen LogP contribution in [0.1, 0.15) is 30.7 Å². The van der Waals surface area contributed by atoms with Crippen LogP contribution in [0.5, 0.6) is 11.5 Å². The summed E-state index contributed by atoms with van der Waals surface area (Å²) in [6.07, 6.45) is 3.74. The topological polar surface area (TPSA) is 66.5 Å². The van der Waals surface area contributed by atoms with Gasteiger partial charge in [0.05, 0.1) is 0 Å². The summed E-state index contributed by atoms with van der Waals surface area (Å²) in [5.41, 5.74) is 7.32. The van der Waals surface area contributed by atoms with Gasteiger partial charge in [-0.15, -0.1) is 0 Å². The lowest BCUT2D eigenvalue weighted by Gasteiger charge is -2.28. The molecule has 2 fully saturated rings. The Morgan fingerprint density at radius 2 is 1.81 bits per heavy atom. The third-order valence-electron chi connectivity index (χ3n) is 4.36. The molecule has 0 heterocycles. The molecule has 0 radical (unpaired) electrons. The van der Waals surface area contributed by atoms with E-state index in [4.69, 9.17) is 5.73 Å². The van der Waals surface area contributed by atoms with Crippen molar-refractivity contribution in [1.82, 2.24) is 0 Å². The smallest absolute Gasteiger partial charge is 0.157 e. The van der Waals surface area contributed by atoms with Gasteiger partial charge < -0.3 is 15.9 Å². The largest absolute Gasteiger partial charge is 0.504 e. The summed E-state index contributed by atoms with van der Waals surface area (Å²) in [7, 11) is 0. The van der Waals surface area contributed by atoms with Crippen LogP contribution >= 0.6 is 0 Å². The Balaban J connectivity index is 1.95. The zero-order valence-corrected chi connectivity index (χ0v) is 9.13. The van der Waals surface area contributed by atoms with Crippen molar-refractivity contribution in [2.24, 2.45) is 17.6 Å². The Morgan fingerprint density at radius 3 is 2.44 bits per heavy atom. The maximum atomic E-state index is 9.53. The summed E-state index contributed by atoms with van der Waals surface area (Å²) in [4.78, 5) is 0. The molecule has 3 heteroatoms. The molecule has 4 unspecified atom stereocenters. The van der Waals surface area contributed by atoms with Crippen molar-refractivity contribution in [2.45, 2.75) is 31.2 Å². The minimum absolute atomic E-state index is 0.0347. The third-order valence-corrected chi connectivity index (χ3v) is 4.36. The van der Waals surface area contributed by atoms with Crippen LogP contribution in [0.4, 0.5) is 0 Å². The number of hydrogen-bond donors (Lipinski definition) is 3. The highest BCUT2D eigenvalue weighted by Gasteiger charge is 2.46. The fraction of sp³-hybridized carbons (Fsp3) is 0.538. The number of phenolic OH excluding ortho intramolecular Hbond substituents is 2. The number of benzene rings is 1. The molecule has 2 aliphatic rings. The summed E-state index contributed by atoms with van der Waals surface area (Å²) >= 11 is 0. The molecule has 2 bridgehead atoms. The molecule has 0 spiro atoms. The SMILES string of the molecule is NC1C2CCC(C2)C1c1ccc(O)c(O)c1. The molecule has 1 aromatic carbocycles. The molecular formula is C13H17NO2. The van der Waals surface area contributed by atoms with Crippen LogP contribution < -0.4 is 5.73 Å². The first-order valence-corrected chi connectivity index (χ1v) is 5.94. The van der Waals surface area contributed by atoms with Gasteiger partial charge in [0, 0.05) is 12.0 Å². The zero-order valence-electron chi connectivity index (χ0n) is 9.13. The van der Waals surface area contributed by atoms with E-state index in [9.17, 15) is 10.2 Å². The number of nitrogens with two attached hydrogens (primary N) is 1. The van der Waals surface area contributed by atoms with Crippen molar-refractivity contribution in [3.05, 3.63) is 23.8 Å². The van der Waals surface area contributed by atoms with Crippen molar-refractivity contribution in [2.75, 3.05) is 0 Å². The fourth-order valence-electron chi connectivity index (χ4n) is 3.58. The molecule has 2 saturated carbocycles. The second-order valence-electron chi connectivity index (χ2n) is 5.18. The van der Waals surface area contributed by atoms with E-state index in [1.807, 2.05) is 6.07 Å². The molecule has 0 saturated heterocycles. The molecule has 3 rings (SSSR count). The van der Waals surface area contributed by atoms with Crippen molar-refractivity contribution in [1.29, 1.82) is 0 Å². The Bertz CT molecular complexity index is 416. The molecule has 3 nitrogen and oxygen atoms in total. The van der Waals surface area contributed by atoms with E-state index in [0.717, 1.165) is 5.56 Å². The first kappa shape index (κ1) is 9.97. The lowest BCUT2D eigenvalue weighted by atomic mass is 9.80. The summed E-state index contributed by atoms with van der Waals surface area (Å²) in [6, 6.07) is 5.34. The molecule has 0 aromatic heterocycles. The van der Waals surface area contributed by atoms with E-state index < -0.39 is 0 Å². The summed E-state index contributed by atoms with van der Waals surface area (Å²) in [5, 5.41) is 18.8. The predicted molar refractivity (Wildman–Crippen MR) is 61.3 cm³/mol. The van der Waals surface area contributed by atoms with Gasteiger partial charge in [-0.05, 0) is 48.8 Å². The first-order chi connectivity index (χ1) is 7.66. The average molecular weight is 219 g/mol. The fourth-order valence-corrected chi connectivity index (χ4v) is 3.58. The van der Waals surface area contributed by atoms with Crippen LogP contribution in [-0.2, 0) is 0 Å². The van der Waals surface area contributed by atoms with Crippen molar-refractivity contribution < 1.29 is 10.2 Å². The molecule has 2 aliphatic carbocycles. The predicted octanol–water partition coefficient (Wildman–Crippen LogP) is 1.94. The molecule has 86 valence electrons. The second-order valence-corrected chi connectivity index (χ2v) is 5.18.